The van der Waals surface area contributed by atoms with Gasteiger partial charge >= 0.3 is 0 Å². The number of rotatable bonds is 1. The van der Waals surface area contributed by atoms with E-state index in [1.807, 2.05) is 18.2 Å². The molecule has 106 valence electrons. The number of fused-ring (bicyclic) bond motifs is 6. The Kier molecular flexibility index (Phi) is 2.06. The van der Waals surface area contributed by atoms with Crippen LogP contribution in [0.2, 0.25) is 0 Å². The van der Waals surface area contributed by atoms with Crippen molar-refractivity contribution in [1.82, 2.24) is 0 Å². The number of benzene rings is 1. The molecular formula is C17H16N2O2. The fraction of sp³-hybridized carbons (Fsp3) is 0.412. The summed E-state index contributed by atoms with van der Waals surface area (Å²) in [7, 11) is 0. The summed E-state index contributed by atoms with van der Waals surface area (Å²) >= 11 is 0. The average molecular weight is 280 g/mol. The van der Waals surface area contributed by atoms with Gasteiger partial charge in [-0.3, -0.25) is 9.59 Å². The van der Waals surface area contributed by atoms with Gasteiger partial charge in [-0.15, -0.1) is 0 Å². The Morgan fingerprint density at radius 2 is 1.76 bits per heavy atom. The molecule has 0 radical (unpaired) electrons. The van der Waals surface area contributed by atoms with E-state index in [-0.39, 0.29) is 35.5 Å². The van der Waals surface area contributed by atoms with Crippen LogP contribution in [0, 0.1) is 23.7 Å². The highest BCUT2D eigenvalue weighted by atomic mass is 16.2. The van der Waals surface area contributed by atoms with Crippen LogP contribution < -0.4 is 10.2 Å². The molecule has 1 aromatic carbocycles. The van der Waals surface area contributed by atoms with Crippen LogP contribution in [0.1, 0.15) is 12.0 Å². The third-order valence-corrected chi connectivity index (χ3v) is 5.53. The predicted molar refractivity (Wildman–Crippen MR) is 78.8 cm³/mol. The Hall–Kier alpha value is -2.10. The molecule has 4 aliphatic rings. The minimum absolute atomic E-state index is 0.000188. The zero-order valence-corrected chi connectivity index (χ0v) is 11.6. The largest absolute Gasteiger partial charge is 0.384 e. The quantitative estimate of drug-likeness (QED) is 0.632. The van der Waals surface area contributed by atoms with E-state index in [0.29, 0.717) is 0 Å². The first-order chi connectivity index (χ1) is 10.2. The number of anilines is 2. The summed E-state index contributed by atoms with van der Waals surface area (Å²) in [5.41, 5.74) is 3.05. The lowest BCUT2D eigenvalue weighted by Crippen LogP contribution is -2.32. The number of allylic oxidation sites excluding steroid dienone is 2. The first-order valence-electron chi connectivity index (χ1n) is 7.67. The molecule has 4 heteroatoms. The van der Waals surface area contributed by atoms with E-state index in [9.17, 15) is 9.59 Å². The van der Waals surface area contributed by atoms with Crippen LogP contribution in [0.4, 0.5) is 11.4 Å². The summed E-state index contributed by atoms with van der Waals surface area (Å²) in [5, 5.41) is 3.31. The maximum atomic E-state index is 12.7. The molecule has 2 aliphatic heterocycles. The Balaban J connectivity index is 1.56. The van der Waals surface area contributed by atoms with Gasteiger partial charge in [0, 0.05) is 12.2 Å². The lowest BCUT2D eigenvalue weighted by molar-refractivity contribution is -0.123. The molecule has 2 amide bonds. The average Bonchev–Trinajstić information content (AvgIpc) is 3.22. The molecule has 2 fully saturated rings. The van der Waals surface area contributed by atoms with E-state index in [4.69, 9.17) is 0 Å². The highest BCUT2D eigenvalue weighted by Crippen LogP contribution is 2.53. The van der Waals surface area contributed by atoms with Crippen molar-refractivity contribution in [3.63, 3.8) is 0 Å². The molecule has 5 rings (SSSR count). The van der Waals surface area contributed by atoms with Crippen LogP contribution in [-0.2, 0) is 16.0 Å². The Morgan fingerprint density at radius 3 is 2.48 bits per heavy atom. The summed E-state index contributed by atoms with van der Waals surface area (Å²) in [6.45, 7) is 0.931. The summed E-state index contributed by atoms with van der Waals surface area (Å²) in [6, 6.07) is 5.90. The third kappa shape index (κ3) is 1.35. The van der Waals surface area contributed by atoms with Crippen molar-refractivity contribution in [3.8, 4) is 0 Å². The topological polar surface area (TPSA) is 49.4 Å². The summed E-state index contributed by atoms with van der Waals surface area (Å²) in [6.07, 6.45) is 6.25. The molecule has 1 saturated heterocycles. The van der Waals surface area contributed by atoms with Crippen molar-refractivity contribution in [1.29, 1.82) is 0 Å². The maximum absolute atomic E-state index is 12.7. The van der Waals surface area contributed by atoms with Crippen LogP contribution in [0.5, 0.6) is 0 Å². The molecule has 2 bridgehead atoms. The van der Waals surface area contributed by atoms with Crippen molar-refractivity contribution < 1.29 is 9.59 Å². The van der Waals surface area contributed by atoms with Crippen LogP contribution >= 0.6 is 0 Å². The number of hydrogen-bond acceptors (Lipinski definition) is 3. The first-order valence-corrected chi connectivity index (χ1v) is 7.67. The molecule has 0 aromatic heterocycles. The van der Waals surface area contributed by atoms with Crippen LogP contribution in [0.25, 0.3) is 0 Å². The van der Waals surface area contributed by atoms with Gasteiger partial charge in [-0.2, -0.15) is 0 Å². The normalized spacial score (nSPS) is 35.3. The number of nitrogens with zero attached hydrogens (tertiary/aromatic N) is 1. The van der Waals surface area contributed by atoms with Crippen molar-refractivity contribution >= 4 is 23.2 Å². The van der Waals surface area contributed by atoms with Crippen molar-refractivity contribution in [2.75, 3.05) is 16.8 Å². The van der Waals surface area contributed by atoms with E-state index in [1.54, 1.807) is 0 Å². The number of nitrogens with one attached hydrogen (secondary N) is 1. The lowest BCUT2D eigenvalue weighted by atomic mass is 9.85. The molecule has 2 aliphatic carbocycles. The van der Waals surface area contributed by atoms with Gasteiger partial charge < -0.3 is 5.32 Å². The van der Waals surface area contributed by atoms with Crippen LogP contribution in [-0.4, -0.2) is 18.4 Å². The minimum Gasteiger partial charge on any atom is -0.384 e. The number of carbonyl (C=O) groups is 2. The van der Waals surface area contributed by atoms with Gasteiger partial charge in [0.2, 0.25) is 11.8 Å². The Labute approximate surface area is 122 Å². The van der Waals surface area contributed by atoms with Crippen molar-refractivity contribution in [2.45, 2.75) is 12.8 Å². The molecule has 21 heavy (non-hydrogen) atoms. The van der Waals surface area contributed by atoms with Gasteiger partial charge in [-0.1, -0.05) is 18.2 Å². The standard InChI is InChI=1S/C17H16N2O2/c20-16-14-10-1-2-11(7-10)15(14)17(21)19(16)12-4-3-9-5-6-18-13(9)8-12/h1-4,8,10-11,14-15,18H,5-7H2. The fourth-order valence-electron chi connectivity index (χ4n) is 4.57. The van der Waals surface area contributed by atoms with Crippen LogP contribution in [0.3, 0.4) is 0 Å². The van der Waals surface area contributed by atoms with E-state index in [0.717, 1.165) is 30.8 Å². The summed E-state index contributed by atoms with van der Waals surface area (Å²) < 4.78 is 0. The van der Waals surface area contributed by atoms with Crippen molar-refractivity contribution in [2.24, 2.45) is 23.7 Å². The van der Waals surface area contributed by atoms with Gasteiger partial charge in [0.05, 0.1) is 17.5 Å². The minimum atomic E-state index is -0.117. The first kappa shape index (κ1) is 11.5. The fourth-order valence-corrected chi connectivity index (χ4v) is 4.57. The van der Waals surface area contributed by atoms with Gasteiger partial charge in [0.25, 0.3) is 0 Å². The number of carbonyl (C=O) groups excluding carboxylic acids is 2. The highest BCUT2D eigenvalue weighted by molar-refractivity contribution is 6.23. The van der Waals surface area contributed by atoms with Gasteiger partial charge in [-0.05, 0) is 42.4 Å². The molecular weight excluding hydrogens is 264 g/mol. The van der Waals surface area contributed by atoms with Crippen molar-refractivity contribution in [3.05, 3.63) is 35.9 Å². The second kappa shape index (κ2) is 3.75. The maximum Gasteiger partial charge on any atom is 0.238 e. The molecule has 1 saturated carbocycles. The second-order valence-electron chi connectivity index (χ2n) is 6.53. The number of hydrogen-bond donors (Lipinski definition) is 1. The molecule has 0 spiro atoms. The summed E-state index contributed by atoms with van der Waals surface area (Å²) in [4.78, 5) is 26.9. The van der Waals surface area contributed by atoms with Crippen LogP contribution in [0.15, 0.2) is 30.4 Å². The molecule has 4 atom stereocenters. The smallest absolute Gasteiger partial charge is 0.238 e. The van der Waals surface area contributed by atoms with Gasteiger partial charge in [-0.25, -0.2) is 4.90 Å². The Bertz CT molecular complexity index is 679. The molecule has 1 aromatic rings. The van der Waals surface area contributed by atoms with E-state index in [1.165, 1.54) is 10.5 Å². The van der Waals surface area contributed by atoms with Gasteiger partial charge in [0.1, 0.15) is 0 Å². The highest BCUT2D eigenvalue weighted by Gasteiger charge is 2.59. The summed E-state index contributed by atoms with van der Waals surface area (Å²) in [5.74, 6) is 0.310. The lowest BCUT2D eigenvalue weighted by Gasteiger charge is -2.18. The predicted octanol–water partition coefficient (Wildman–Crippen LogP) is 1.97. The second-order valence-corrected chi connectivity index (χ2v) is 6.53. The van der Waals surface area contributed by atoms with E-state index >= 15 is 0 Å². The number of amides is 2. The van der Waals surface area contributed by atoms with E-state index in [2.05, 4.69) is 17.5 Å². The zero-order valence-electron chi connectivity index (χ0n) is 11.6. The number of imide groups is 1. The zero-order chi connectivity index (χ0) is 14.1. The molecule has 4 nitrogen and oxygen atoms in total. The monoisotopic (exact) mass is 280 g/mol. The van der Waals surface area contributed by atoms with Gasteiger partial charge in [0.15, 0.2) is 0 Å². The molecule has 2 heterocycles. The van der Waals surface area contributed by atoms with E-state index < -0.39 is 0 Å². The Morgan fingerprint density at radius 1 is 1.05 bits per heavy atom. The SMILES string of the molecule is O=C1C2C3C=CC(C3)C2C(=O)N1c1ccc2c(c1)NCC2. The molecule has 1 N–H and O–H groups in total. The third-order valence-electron chi connectivity index (χ3n) is 5.53. The molecule has 4 unspecified atom stereocenters.